The van der Waals surface area contributed by atoms with Crippen molar-refractivity contribution in [3.05, 3.63) is 64.3 Å². The summed E-state index contributed by atoms with van der Waals surface area (Å²) in [5, 5.41) is 17.1. The predicted octanol–water partition coefficient (Wildman–Crippen LogP) is 4.67. The Morgan fingerprint density at radius 3 is 2.78 bits per heavy atom. The second kappa shape index (κ2) is 10.2. The Balaban J connectivity index is 0.00000137. The first-order valence-electron chi connectivity index (χ1n) is 13.0. The number of piperidine rings is 2. The molecule has 8 heteroatoms. The number of hydrogen-bond acceptors (Lipinski definition) is 6. The number of H-pyrrole nitrogens is 1. The number of benzene rings is 2. The number of ether oxygens (including phenoxy) is 2. The Hall–Kier alpha value is -3.36. The average Bonchev–Trinajstić information content (AvgIpc) is 3.27. The van der Waals surface area contributed by atoms with Gasteiger partial charge in [0.2, 0.25) is 0 Å². The number of hydrogen-bond donors (Lipinski definition) is 3. The fraction of sp³-hybridized carbons (Fsp3) is 0.448. The summed E-state index contributed by atoms with van der Waals surface area (Å²) in [5.74, 6) is -0.127. The lowest BCUT2D eigenvalue weighted by atomic mass is 9.74. The smallest absolute Gasteiger partial charge is 0.340 e. The van der Waals surface area contributed by atoms with Crippen molar-refractivity contribution in [2.24, 2.45) is 5.92 Å². The van der Waals surface area contributed by atoms with Gasteiger partial charge in [0.15, 0.2) is 5.72 Å². The molecule has 3 aromatic rings. The van der Waals surface area contributed by atoms with Crippen LogP contribution in [0.5, 0.6) is 5.75 Å². The van der Waals surface area contributed by atoms with Crippen LogP contribution in [0.4, 0.5) is 0 Å². The topological polar surface area (TPSA) is 112 Å². The normalized spacial score (nSPS) is 22.5. The zero-order valence-corrected chi connectivity index (χ0v) is 21.4. The monoisotopic (exact) mass is 506 g/mol. The van der Waals surface area contributed by atoms with Crippen LogP contribution in [0.1, 0.15) is 69.6 Å². The minimum atomic E-state index is -1.01. The highest BCUT2D eigenvalue weighted by atomic mass is 16.5. The fourth-order valence-corrected chi connectivity index (χ4v) is 6.48. The van der Waals surface area contributed by atoms with E-state index in [-0.39, 0.29) is 17.9 Å². The molecular formula is C29H34N2O6. The third kappa shape index (κ3) is 4.38. The second-order valence-electron chi connectivity index (χ2n) is 10.1. The van der Waals surface area contributed by atoms with E-state index >= 15 is 0 Å². The van der Waals surface area contributed by atoms with Crippen molar-refractivity contribution in [3.8, 4) is 5.75 Å². The van der Waals surface area contributed by atoms with Crippen LogP contribution in [0.2, 0.25) is 0 Å². The number of aromatic amines is 1. The summed E-state index contributed by atoms with van der Waals surface area (Å²) in [4.78, 5) is 30.5. The van der Waals surface area contributed by atoms with Crippen LogP contribution in [0.15, 0.2) is 36.4 Å². The summed E-state index contributed by atoms with van der Waals surface area (Å²) in [7, 11) is 1.00. The van der Waals surface area contributed by atoms with E-state index < -0.39 is 11.9 Å². The molecule has 0 aliphatic carbocycles. The molecule has 3 aliphatic rings. The maximum Gasteiger partial charge on any atom is 0.340 e. The fourth-order valence-electron chi connectivity index (χ4n) is 6.48. The van der Waals surface area contributed by atoms with Gasteiger partial charge in [0.25, 0.3) is 0 Å². The number of carboxylic acids is 1. The van der Waals surface area contributed by atoms with Gasteiger partial charge in [-0.05, 0) is 68.9 Å². The van der Waals surface area contributed by atoms with Crippen molar-refractivity contribution >= 4 is 22.8 Å². The molecule has 0 saturated carbocycles. The quantitative estimate of drug-likeness (QED) is 0.441. The summed E-state index contributed by atoms with van der Waals surface area (Å²) in [5.41, 5.74) is 3.92. The Kier molecular flexibility index (Phi) is 6.96. The largest absolute Gasteiger partial charge is 0.478 e. The highest BCUT2D eigenvalue weighted by molar-refractivity contribution is 6.07. The Labute approximate surface area is 216 Å². The van der Waals surface area contributed by atoms with E-state index in [4.69, 9.17) is 14.6 Å². The molecule has 1 spiro atoms. The minimum absolute atomic E-state index is 0.0122. The zero-order valence-electron chi connectivity index (χ0n) is 21.4. The van der Waals surface area contributed by atoms with Crippen LogP contribution >= 0.6 is 0 Å². The van der Waals surface area contributed by atoms with Crippen LogP contribution in [-0.4, -0.2) is 58.0 Å². The SMILES string of the molecule is CO.Cc1[nH]c2ccc3c(c2c1C(=O)OCc1cccc(C(=O)O)c1)CC1CCCN2CCCCC12O3. The standard InChI is InChI=1S/C28H30N2O5.CH4O/c1-17-24(27(33)34-16-18-6-4-7-19(14-18)26(31)32)25-21-15-20-8-5-13-30-12-3-2-11-28(20,30)35-23(21)10-9-22(25)29-17;1-2/h4,6-7,9-10,14,20,29H,2-3,5,8,11-13,15-16H2,1H3,(H,31,32);2H,1H3. The van der Waals surface area contributed by atoms with Gasteiger partial charge in [-0.2, -0.15) is 0 Å². The van der Waals surface area contributed by atoms with Crippen molar-refractivity contribution < 1.29 is 29.3 Å². The summed E-state index contributed by atoms with van der Waals surface area (Å²) in [6.07, 6.45) is 6.68. The lowest BCUT2D eigenvalue weighted by Crippen LogP contribution is -2.64. The maximum absolute atomic E-state index is 13.3. The van der Waals surface area contributed by atoms with Crippen LogP contribution in [0.3, 0.4) is 0 Å². The van der Waals surface area contributed by atoms with Crippen LogP contribution < -0.4 is 4.74 Å². The first-order chi connectivity index (χ1) is 18.0. The van der Waals surface area contributed by atoms with Gasteiger partial charge in [-0.15, -0.1) is 0 Å². The number of fused-ring (bicyclic) bond motifs is 3. The minimum Gasteiger partial charge on any atom is -0.478 e. The summed E-state index contributed by atoms with van der Waals surface area (Å²) < 4.78 is 12.5. The number of nitrogens with one attached hydrogen (secondary N) is 1. The molecule has 0 amide bonds. The molecule has 1 aromatic heterocycles. The number of carboxylic acid groups (broad SMARTS) is 1. The van der Waals surface area contributed by atoms with E-state index in [1.54, 1.807) is 12.1 Å². The van der Waals surface area contributed by atoms with Crippen LogP contribution in [-0.2, 0) is 17.8 Å². The number of aromatic nitrogens is 1. The number of aliphatic hydroxyl groups excluding tert-OH is 1. The molecule has 0 bridgehead atoms. The van der Waals surface area contributed by atoms with Crippen molar-refractivity contribution in [2.45, 2.75) is 57.8 Å². The van der Waals surface area contributed by atoms with E-state index in [9.17, 15) is 14.7 Å². The molecule has 2 atom stereocenters. The third-order valence-corrected chi connectivity index (χ3v) is 8.07. The van der Waals surface area contributed by atoms with Crippen molar-refractivity contribution in [1.29, 1.82) is 0 Å². The molecule has 4 heterocycles. The van der Waals surface area contributed by atoms with E-state index in [1.165, 1.54) is 31.4 Å². The average molecular weight is 507 g/mol. The number of aryl methyl sites for hydroxylation is 1. The van der Waals surface area contributed by atoms with E-state index in [0.717, 1.165) is 67.4 Å². The van der Waals surface area contributed by atoms with Gasteiger partial charge in [-0.3, -0.25) is 4.90 Å². The second-order valence-corrected chi connectivity index (χ2v) is 10.1. The van der Waals surface area contributed by atoms with Gasteiger partial charge in [0.05, 0.1) is 11.1 Å². The number of nitrogens with zero attached hydrogens (tertiary/aromatic N) is 1. The molecule has 0 radical (unpaired) electrons. The number of rotatable bonds is 4. The highest BCUT2D eigenvalue weighted by Gasteiger charge is 2.52. The first-order valence-corrected chi connectivity index (χ1v) is 13.0. The summed E-state index contributed by atoms with van der Waals surface area (Å²) in [6.45, 7) is 4.09. The van der Waals surface area contributed by atoms with Gasteiger partial charge in [0, 0.05) is 54.7 Å². The van der Waals surface area contributed by atoms with Gasteiger partial charge < -0.3 is 24.7 Å². The van der Waals surface area contributed by atoms with Crippen LogP contribution in [0, 0.1) is 12.8 Å². The lowest BCUT2D eigenvalue weighted by Gasteiger charge is -2.56. The van der Waals surface area contributed by atoms with Gasteiger partial charge in [0.1, 0.15) is 12.4 Å². The number of aromatic carboxylic acids is 1. The predicted molar refractivity (Wildman–Crippen MR) is 139 cm³/mol. The van der Waals surface area contributed by atoms with E-state index in [1.807, 2.05) is 19.1 Å². The van der Waals surface area contributed by atoms with Gasteiger partial charge in [-0.25, -0.2) is 9.59 Å². The lowest BCUT2D eigenvalue weighted by molar-refractivity contribution is -0.177. The highest BCUT2D eigenvalue weighted by Crippen LogP contribution is 2.50. The Morgan fingerprint density at radius 2 is 1.97 bits per heavy atom. The number of carbonyl (C=O) groups excluding carboxylic acids is 1. The molecule has 6 rings (SSSR count). The maximum atomic E-state index is 13.3. The van der Waals surface area contributed by atoms with E-state index in [0.29, 0.717) is 17.0 Å². The van der Waals surface area contributed by atoms with Gasteiger partial charge in [-0.1, -0.05) is 12.1 Å². The van der Waals surface area contributed by atoms with E-state index in [2.05, 4.69) is 9.88 Å². The number of aliphatic hydroxyl groups is 1. The molecule has 2 unspecified atom stereocenters. The molecule has 2 fully saturated rings. The molecule has 3 N–H and O–H groups in total. The molecule has 196 valence electrons. The van der Waals surface area contributed by atoms with Crippen LogP contribution in [0.25, 0.3) is 10.9 Å². The molecular weight excluding hydrogens is 472 g/mol. The Morgan fingerprint density at radius 1 is 1.16 bits per heavy atom. The van der Waals surface area contributed by atoms with Crippen molar-refractivity contribution in [3.63, 3.8) is 0 Å². The first kappa shape index (κ1) is 25.3. The number of carbonyl (C=O) groups is 2. The summed E-state index contributed by atoms with van der Waals surface area (Å²) in [6, 6.07) is 10.5. The third-order valence-electron chi connectivity index (χ3n) is 8.07. The number of esters is 1. The molecule has 2 aromatic carbocycles. The van der Waals surface area contributed by atoms with Crippen molar-refractivity contribution in [1.82, 2.24) is 9.88 Å². The molecule has 8 nitrogen and oxygen atoms in total. The molecule has 2 saturated heterocycles. The Bertz CT molecular complexity index is 1330. The van der Waals surface area contributed by atoms with Crippen molar-refractivity contribution in [2.75, 3.05) is 20.2 Å². The van der Waals surface area contributed by atoms with Gasteiger partial charge >= 0.3 is 11.9 Å². The summed E-state index contributed by atoms with van der Waals surface area (Å²) >= 11 is 0. The molecule has 37 heavy (non-hydrogen) atoms. The zero-order chi connectivity index (χ0) is 26.2. The molecule has 3 aliphatic heterocycles.